The summed E-state index contributed by atoms with van der Waals surface area (Å²) in [5.74, 6) is 0.690. The van der Waals surface area contributed by atoms with Gasteiger partial charge >= 0.3 is 0 Å². The molecule has 0 aromatic carbocycles. The largest absolute Gasteiger partial charge is 0.381 e. The van der Waals surface area contributed by atoms with Crippen LogP contribution >= 0.6 is 10.7 Å². The molecule has 0 spiro atoms. The van der Waals surface area contributed by atoms with Crippen LogP contribution in [0.2, 0.25) is 0 Å². The van der Waals surface area contributed by atoms with Crippen molar-refractivity contribution >= 4 is 19.7 Å². The fraction of sp³-hybridized carbons (Fsp3) is 1.00. The van der Waals surface area contributed by atoms with Gasteiger partial charge in [-0.25, -0.2) is 8.42 Å². The fourth-order valence-electron chi connectivity index (χ4n) is 2.23. The predicted molar refractivity (Wildman–Crippen MR) is 65.7 cm³/mol. The maximum Gasteiger partial charge on any atom is 0.233 e. The maximum absolute atomic E-state index is 11.3. The van der Waals surface area contributed by atoms with E-state index in [9.17, 15) is 8.42 Å². The van der Waals surface area contributed by atoms with E-state index < -0.39 is 9.05 Å². The molecule has 100 valence electrons. The normalized spacial score (nSPS) is 24.8. The van der Waals surface area contributed by atoms with Gasteiger partial charge in [0.2, 0.25) is 9.05 Å². The Morgan fingerprint density at radius 2 is 1.94 bits per heavy atom. The van der Waals surface area contributed by atoms with E-state index in [0.717, 1.165) is 6.61 Å². The average Bonchev–Trinajstić information content (AvgIpc) is 3.00. The molecule has 0 bridgehead atoms. The van der Waals surface area contributed by atoms with Gasteiger partial charge in [0.15, 0.2) is 0 Å². The van der Waals surface area contributed by atoms with Gasteiger partial charge in [0.25, 0.3) is 0 Å². The molecule has 4 nitrogen and oxygen atoms in total. The Bertz CT molecular complexity index is 344. The van der Waals surface area contributed by atoms with E-state index in [-0.39, 0.29) is 11.2 Å². The number of hydrogen-bond acceptors (Lipinski definition) is 4. The third kappa shape index (κ3) is 4.73. The van der Waals surface area contributed by atoms with Crippen molar-refractivity contribution in [2.24, 2.45) is 11.3 Å². The van der Waals surface area contributed by atoms with Crippen molar-refractivity contribution in [1.29, 1.82) is 0 Å². The summed E-state index contributed by atoms with van der Waals surface area (Å²) in [5.41, 5.74) is -0.340. The molecule has 0 radical (unpaired) electrons. The first-order valence-corrected chi connectivity index (χ1v) is 8.55. The molecule has 1 aliphatic carbocycles. The molecule has 0 amide bonds. The van der Waals surface area contributed by atoms with E-state index in [0.29, 0.717) is 38.6 Å². The third-order valence-electron chi connectivity index (χ3n) is 3.49. The lowest BCUT2D eigenvalue weighted by Gasteiger charge is -2.35. The molecule has 2 aliphatic rings. The molecule has 0 N–H and O–H groups in total. The van der Waals surface area contributed by atoms with Crippen molar-refractivity contribution in [2.45, 2.75) is 25.7 Å². The molecular formula is C11H19ClO4S. The SMILES string of the molecule is O=S(=O)(Cl)CC1(COCC2CC2)CCOCC1. The lowest BCUT2D eigenvalue weighted by atomic mass is 9.83. The second-order valence-corrected chi connectivity index (χ2v) is 8.03. The fourth-order valence-corrected chi connectivity index (χ4v) is 4.02. The second kappa shape index (κ2) is 5.43. The highest BCUT2D eigenvalue weighted by molar-refractivity contribution is 8.13. The zero-order chi connectivity index (χ0) is 12.4. The van der Waals surface area contributed by atoms with E-state index in [1.165, 1.54) is 12.8 Å². The van der Waals surface area contributed by atoms with Gasteiger partial charge in [-0.15, -0.1) is 0 Å². The van der Waals surface area contributed by atoms with Crippen LogP contribution in [0.1, 0.15) is 25.7 Å². The Hall–Kier alpha value is 0.160. The van der Waals surface area contributed by atoms with Crippen LogP contribution in [0.25, 0.3) is 0 Å². The van der Waals surface area contributed by atoms with Crippen LogP contribution in [0, 0.1) is 11.3 Å². The minimum absolute atomic E-state index is 0.00438. The molecule has 2 rings (SSSR count). The smallest absolute Gasteiger partial charge is 0.233 e. The van der Waals surface area contributed by atoms with Crippen LogP contribution in [-0.2, 0) is 18.5 Å². The van der Waals surface area contributed by atoms with Crippen molar-refractivity contribution < 1.29 is 17.9 Å². The molecular weight excluding hydrogens is 264 g/mol. The first kappa shape index (κ1) is 13.6. The summed E-state index contributed by atoms with van der Waals surface area (Å²) in [6.45, 7) is 2.43. The summed E-state index contributed by atoms with van der Waals surface area (Å²) in [6.07, 6.45) is 3.90. The van der Waals surface area contributed by atoms with Crippen molar-refractivity contribution in [2.75, 3.05) is 32.2 Å². The predicted octanol–water partition coefficient (Wildman–Crippen LogP) is 1.78. The molecule has 0 aromatic heterocycles. The molecule has 1 saturated heterocycles. The molecule has 0 aromatic rings. The summed E-state index contributed by atoms with van der Waals surface area (Å²) in [6, 6.07) is 0. The summed E-state index contributed by atoms with van der Waals surface area (Å²) in [7, 11) is 1.91. The van der Waals surface area contributed by atoms with Crippen molar-refractivity contribution in [3.8, 4) is 0 Å². The van der Waals surface area contributed by atoms with Gasteiger partial charge in [-0.1, -0.05) is 0 Å². The number of rotatable bonds is 6. The summed E-state index contributed by atoms with van der Waals surface area (Å²) in [4.78, 5) is 0. The highest BCUT2D eigenvalue weighted by atomic mass is 35.7. The zero-order valence-electron chi connectivity index (χ0n) is 9.86. The van der Waals surface area contributed by atoms with Crippen LogP contribution in [0.4, 0.5) is 0 Å². The summed E-state index contributed by atoms with van der Waals surface area (Å²) >= 11 is 0. The van der Waals surface area contributed by atoms with Crippen LogP contribution in [0.5, 0.6) is 0 Å². The molecule has 6 heteroatoms. The van der Waals surface area contributed by atoms with Crippen molar-refractivity contribution in [3.63, 3.8) is 0 Å². The van der Waals surface area contributed by atoms with E-state index in [1.807, 2.05) is 0 Å². The standard InChI is InChI=1S/C11H19ClO4S/c12-17(13,14)9-11(3-5-15-6-4-11)8-16-7-10-1-2-10/h10H,1-9H2. The quantitative estimate of drug-likeness (QED) is 0.697. The van der Waals surface area contributed by atoms with Gasteiger partial charge in [-0.05, 0) is 31.6 Å². The Labute approximate surface area is 107 Å². The highest BCUT2D eigenvalue weighted by Gasteiger charge is 2.37. The second-order valence-electron chi connectivity index (χ2n) is 5.25. The van der Waals surface area contributed by atoms with Gasteiger partial charge in [0.1, 0.15) is 0 Å². The monoisotopic (exact) mass is 282 g/mol. The molecule has 2 fully saturated rings. The van der Waals surface area contributed by atoms with Gasteiger partial charge in [0, 0.05) is 35.9 Å². The van der Waals surface area contributed by atoms with E-state index in [2.05, 4.69) is 0 Å². The zero-order valence-corrected chi connectivity index (χ0v) is 11.4. The molecule has 1 heterocycles. The minimum Gasteiger partial charge on any atom is -0.381 e. The average molecular weight is 283 g/mol. The molecule has 17 heavy (non-hydrogen) atoms. The first-order chi connectivity index (χ1) is 7.99. The maximum atomic E-state index is 11.3. The van der Waals surface area contributed by atoms with Gasteiger partial charge in [-0.2, -0.15) is 0 Å². The van der Waals surface area contributed by atoms with E-state index >= 15 is 0 Å². The van der Waals surface area contributed by atoms with Crippen LogP contribution in [-0.4, -0.2) is 40.6 Å². The number of hydrogen-bond donors (Lipinski definition) is 0. The Balaban J connectivity index is 1.89. The van der Waals surface area contributed by atoms with Gasteiger partial charge in [0.05, 0.1) is 12.4 Å². The van der Waals surface area contributed by atoms with Gasteiger partial charge < -0.3 is 9.47 Å². The summed E-state index contributed by atoms with van der Waals surface area (Å²) in [5, 5.41) is 0. The Morgan fingerprint density at radius 1 is 1.29 bits per heavy atom. The third-order valence-corrected chi connectivity index (χ3v) is 4.78. The Kier molecular flexibility index (Phi) is 4.34. The van der Waals surface area contributed by atoms with Crippen LogP contribution in [0.3, 0.4) is 0 Å². The van der Waals surface area contributed by atoms with Gasteiger partial charge in [-0.3, -0.25) is 0 Å². The molecule has 0 atom stereocenters. The highest BCUT2D eigenvalue weighted by Crippen LogP contribution is 2.35. The lowest BCUT2D eigenvalue weighted by Crippen LogP contribution is -2.39. The topological polar surface area (TPSA) is 52.6 Å². The van der Waals surface area contributed by atoms with Crippen LogP contribution in [0.15, 0.2) is 0 Å². The summed E-state index contributed by atoms with van der Waals surface area (Å²) < 4.78 is 33.5. The minimum atomic E-state index is -3.48. The van der Waals surface area contributed by atoms with Crippen molar-refractivity contribution in [1.82, 2.24) is 0 Å². The van der Waals surface area contributed by atoms with Crippen molar-refractivity contribution in [3.05, 3.63) is 0 Å². The van der Waals surface area contributed by atoms with Crippen LogP contribution < -0.4 is 0 Å². The van der Waals surface area contributed by atoms with E-state index in [4.69, 9.17) is 20.2 Å². The number of halogens is 1. The lowest BCUT2D eigenvalue weighted by molar-refractivity contribution is -0.0298. The number of ether oxygens (including phenoxy) is 2. The molecule has 1 saturated carbocycles. The molecule has 0 unspecified atom stereocenters. The Morgan fingerprint density at radius 3 is 2.47 bits per heavy atom. The molecule has 1 aliphatic heterocycles. The first-order valence-electron chi connectivity index (χ1n) is 6.07. The van der Waals surface area contributed by atoms with E-state index in [1.54, 1.807) is 0 Å².